The van der Waals surface area contributed by atoms with Crippen molar-refractivity contribution in [3.05, 3.63) is 16.1 Å². The van der Waals surface area contributed by atoms with Gasteiger partial charge in [-0.25, -0.2) is 4.98 Å². The van der Waals surface area contributed by atoms with Gasteiger partial charge in [-0.15, -0.1) is 11.3 Å². The maximum Gasteiger partial charge on any atom is 0.0798 e. The summed E-state index contributed by atoms with van der Waals surface area (Å²) in [4.78, 5) is 8.12. The fraction of sp³-hybridized carbons (Fsp3) is 0.769. The van der Waals surface area contributed by atoms with E-state index in [2.05, 4.69) is 40.9 Å². The van der Waals surface area contributed by atoms with E-state index in [-0.39, 0.29) is 0 Å². The number of rotatable bonds is 6. The van der Waals surface area contributed by atoms with E-state index in [1.54, 1.807) is 11.3 Å². The Morgan fingerprint density at radius 2 is 2.28 bits per heavy atom. The molecule has 1 aliphatic rings. The summed E-state index contributed by atoms with van der Waals surface area (Å²) in [7, 11) is 2.21. The summed E-state index contributed by atoms with van der Waals surface area (Å²) in [5.74, 6) is 1.25. The molecule has 0 atom stereocenters. The first-order valence-electron chi connectivity index (χ1n) is 6.65. The first kappa shape index (κ1) is 14.3. The van der Waals surface area contributed by atoms with Crippen LogP contribution in [0.3, 0.4) is 0 Å². The lowest BCUT2D eigenvalue weighted by Crippen LogP contribution is -2.30. The normalized spacial score (nSPS) is 17.5. The van der Waals surface area contributed by atoms with Crippen LogP contribution in [-0.2, 0) is 6.54 Å². The van der Waals surface area contributed by atoms with E-state index >= 15 is 0 Å². The molecule has 0 unspecified atom stereocenters. The molecule has 0 radical (unpaired) electrons. The van der Waals surface area contributed by atoms with Crippen molar-refractivity contribution in [3.8, 4) is 0 Å². The lowest BCUT2D eigenvalue weighted by molar-refractivity contribution is 0.350. The second-order valence-electron chi connectivity index (χ2n) is 4.92. The van der Waals surface area contributed by atoms with Gasteiger partial charge in [0.25, 0.3) is 0 Å². The van der Waals surface area contributed by atoms with Crippen molar-refractivity contribution < 1.29 is 0 Å². The first-order valence-corrected chi connectivity index (χ1v) is 8.58. The third-order valence-electron chi connectivity index (χ3n) is 3.37. The smallest absolute Gasteiger partial charge is 0.0798 e. The molecular weight excluding hydrogens is 262 g/mol. The van der Waals surface area contributed by atoms with Crippen LogP contribution in [0.4, 0.5) is 0 Å². The van der Waals surface area contributed by atoms with Gasteiger partial charge in [-0.05, 0) is 39.9 Å². The van der Waals surface area contributed by atoms with Gasteiger partial charge in [-0.1, -0.05) is 0 Å². The van der Waals surface area contributed by atoms with Crippen LogP contribution in [0.1, 0.15) is 23.4 Å². The average Bonchev–Trinajstić information content (AvgIpc) is 2.76. The van der Waals surface area contributed by atoms with Gasteiger partial charge in [0.15, 0.2) is 0 Å². The van der Waals surface area contributed by atoms with Gasteiger partial charge in [0.05, 0.1) is 11.2 Å². The summed E-state index contributed by atoms with van der Waals surface area (Å²) in [6, 6.07) is 0. The number of thiazole rings is 1. The monoisotopic (exact) mass is 285 g/mol. The summed E-state index contributed by atoms with van der Waals surface area (Å²) in [6.07, 6.45) is 2.67. The number of nitrogens with zero attached hydrogens (tertiary/aromatic N) is 2. The fourth-order valence-electron chi connectivity index (χ4n) is 2.14. The molecular formula is C13H23N3S2. The zero-order valence-corrected chi connectivity index (χ0v) is 12.9. The highest BCUT2D eigenvalue weighted by atomic mass is 32.2. The topological polar surface area (TPSA) is 28.2 Å². The van der Waals surface area contributed by atoms with E-state index < -0.39 is 0 Å². The minimum Gasteiger partial charge on any atom is -0.317 e. The number of hydrogen-bond acceptors (Lipinski definition) is 5. The summed E-state index contributed by atoms with van der Waals surface area (Å²) >= 11 is 3.92. The Balaban J connectivity index is 1.62. The molecule has 2 heterocycles. The van der Waals surface area contributed by atoms with Gasteiger partial charge in [0.2, 0.25) is 0 Å². The molecule has 1 aromatic heterocycles. The lowest BCUT2D eigenvalue weighted by Gasteiger charge is -2.23. The van der Waals surface area contributed by atoms with E-state index in [9.17, 15) is 0 Å². The van der Waals surface area contributed by atoms with Gasteiger partial charge < -0.3 is 10.2 Å². The summed E-state index contributed by atoms with van der Waals surface area (Å²) in [5, 5.41) is 4.30. The minimum absolute atomic E-state index is 0.879. The molecule has 5 heteroatoms. The molecule has 0 aromatic carbocycles. The fourth-order valence-corrected chi connectivity index (χ4v) is 4.32. The highest BCUT2D eigenvalue weighted by Crippen LogP contribution is 2.20. The molecule has 1 N–H and O–H groups in total. The van der Waals surface area contributed by atoms with Gasteiger partial charge in [-0.3, -0.25) is 0 Å². The van der Waals surface area contributed by atoms with Crippen LogP contribution in [0.2, 0.25) is 0 Å². The zero-order chi connectivity index (χ0) is 12.8. The molecule has 0 aliphatic carbocycles. The summed E-state index contributed by atoms with van der Waals surface area (Å²) < 4.78 is 0. The maximum atomic E-state index is 4.30. The Bertz CT molecular complexity index is 348. The van der Waals surface area contributed by atoms with Crippen LogP contribution < -0.4 is 5.32 Å². The van der Waals surface area contributed by atoms with Crippen LogP contribution in [0.15, 0.2) is 5.51 Å². The van der Waals surface area contributed by atoms with Crippen molar-refractivity contribution in [3.63, 3.8) is 0 Å². The van der Waals surface area contributed by atoms with E-state index in [1.807, 2.05) is 5.51 Å². The molecule has 18 heavy (non-hydrogen) atoms. The van der Waals surface area contributed by atoms with Crippen LogP contribution in [0, 0.1) is 6.92 Å². The third kappa shape index (κ3) is 4.53. The Morgan fingerprint density at radius 3 is 2.94 bits per heavy atom. The predicted octanol–water partition coefficient (Wildman–Crippen LogP) is 2.37. The van der Waals surface area contributed by atoms with Crippen molar-refractivity contribution in [1.29, 1.82) is 0 Å². The van der Waals surface area contributed by atoms with Crippen LogP contribution in [0.25, 0.3) is 0 Å². The quantitative estimate of drug-likeness (QED) is 0.868. The Labute approximate surface area is 118 Å². The van der Waals surface area contributed by atoms with Gasteiger partial charge in [-0.2, -0.15) is 11.8 Å². The van der Waals surface area contributed by atoms with Crippen molar-refractivity contribution >= 4 is 23.1 Å². The molecule has 102 valence electrons. The summed E-state index contributed by atoms with van der Waals surface area (Å²) in [6.45, 7) is 6.72. The molecule has 1 aromatic rings. The SMILES string of the molecule is Cc1ncsc1CN(C)CCSC1CCNCC1. The Morgan fingerprint density at radius 1 is 1.50 bits per heavy atom. The maximum absolute atomic E-state index is 4.30. The van der Waals surface area contributed by atoms with Crippen LogP contribution in [-0.4, -0.2) is 47.6 Å². The van der Waals surface area contributed by atoms with Crippen molar-refractivity contribution in [2.24, 2.45) is 0 Å². The number of piperidine rings is 1. The van der Waals surface area contributed by atoms with Crippen LogP contribution in [0.5, 0.6) is 0 Å². The summed E-state index contributed by atoms with van der Waals surface area (Å²) in [5.41, 5.74) is 3.14. The Hall–Kier alpha value is -0.100. The number of aromatic nitrogens is 1. The van der Waals surface area contributed by atoms with Crippen molar-refractivity contribution in [1.82, 2.24) is 15.2 Å². The first-order chi connectivity index (χ1) is 8.75. The highest BCUT2D eigenvalue weighted by Gasteiger charge is 2.13. The standard InChI is InChI=1S/C13H23N3S2/c1-11-13(18-10-15-11)9-16(2)7-8-17-12-3-5-14-6-4-12/h10,12,14H,3-9H2,1-2H3. The molecule has 3 nitrogen and oxygen atoms in total. The van der Waals surface area contributed by atoms with Gasteiger partial charge >= 0.3 is 0 Å². The minimum atomic E-state index is 0.879. The predicted molar refractivity (Wildman–Crippen MR) is 81.5 cm³/mol. The van der Waals surface area contributed by atoms with Crippen molar-refractivity contribution in [2.75, 3.05) is 32.4 Å². The van der Waals surface area contributed by atoms with E-state index in [4.69, 9.17) is 0 Å². The molecule has 1 aliphatic heterocycles. The number of thioether (sulfide) groups is 1. The molecule has 1 saturated heterocycles. The number of nitrogens with one attached hydrogen (secondary N) is 1. The highest BCUT2D eigenvalue weighted by molar-refractivity contribution is 7.99. The zero-order valence-electron chi connectivity index (χ0n) is 11.3. The second kappa shape index (κ2) is 7.48. The van der Waals surface area contributed by atoms with Gasteiger partial charge in [0.1, 0.15) is 0 Å². The average molecular weight is 285 g/mol. The molecule has 0 saturated carbocycles. The molecule has 0 spiro atoms. The lowest BCUT2D eigenvalue weighted by atomic mass is 10.2. The molecule has 0 bridgehead atoms. The molecule has 1 fully saturated rings. The number of aryl methyl sites for hydroxylation is 1. The molecule has 2 rings (SSSR count). The third-order valence-corrected chi connectivity index (χ3v) is 5.65. The Kier molecular flexibility index (Phi) is 5.95. The number of hydrogen-bond donors (Lipinski definition) is 1. The molecule has 0 amide bonds. The van der Waals surface area contributed by atoms with Gasteiger partial charge in [0, 0.05) is 29.0 Å². The largest absolute Gasteiger partial charge is 0.317 e. The van der Waals surface area contributed by atoms with Crippen LogP contribution >= 0.6 is 23.1 Å². The van der Waals surface area contributed by atoms with E-state index in [0.29, 0.717) is 0 Å². The second-order valence-corrected chi connectivity index (χ2v) is 7.27. The van der Waals surface area contributed by atoms with E-state index in [0.717, 1.165) is 11.8 Å². The van der Waals surface area contributed by atoms with Crippen molar-refractivity contribution in [2.45, 2.75) is 31.6 Å². The van der Waals surface area contributed by atoms with E-state index in [1.165, 1.54) is 48.8 Å².